The minimum absolute atomic E-state index is 0.00927. The van der Waals surface area contributed by atoms with Gasteiger partial charge >= 0.3 is 6.09 Å². The number of nitrogens with one attached hydrogen (secondary N) is 1. The highest BCUT2D eigenvalue weighted by molar-refractivity contribution is 5.84. The Morgan fingerprint density at radius 1 is 1.30 bits per heavy atom. The van der Waals surface area contributed by atoms with Gasteiger partial charge in [0.25, 0.3) is 0 Å². The zero-order chi connectivity index (χ0) is 15.2. The fourth-order valence-electron chi connectivity index (χ4n) is 1.30. The maximum absolute atomic E-state index is 11.5. The molecule has 3 N–H and O–H groups in total. The second-order valence-electron chi connectivity index (χ2n) is 5.30. The van der Waals surface area contributed by atoms with Crippen molar-refractivity contribution in [1.82, 2.24) is 0 Å². The van der Waals surface area contributed by atoms with E-state index in [1.807, 2.05) is 0 Å². The Labute approximate surface area is 118 Å². The molecule has 0 aromatic heterocycles. The number of rotatable bonds is 5. The first-order chi connectivity index (χ1) is 9.30. The summed E-state index contributed by atoms with van der Waals surface area (Å²) in [5.41, 5.74) is 0.0300. The van der Waals surface area contributed by atoms with Crippen LogP contribution in [0.2, 0.25) is 0 Å². The molecular formula is C14H21NO5. The predicted molar refractivity (Wildman–Crippen MR) is 74.9 cm³/mol. The van der Waals surface area contributed by atoms with E-state index in [2.05, 4.69) is 5.32 Å². The number of amides is 1. The number of aliphatic hydroxyl groups is 2. The monoisotopic (exact) mass is 283 g/mol. The van der Waals surface area contributed by atoms with Gasteiger partial charge in [0.05, 0.1) is 6.61 Å². The zero-order valence-electron chi connectivity index (χ0n) is 11.9. The lowest BCUT2D eigenvalue weighted by atomic mass is 10.2. The van der Waals surface area contributed by atoms with Crippen molar-refractivity contribution >= 4 is 11.8 Å². The van der Waals surface area contributed by atoms with Crippen LogP contribution in [0.25, 0.3) is 0 Å². The van der Waals surface area contributed by atoms with Crippen molar-refractivity contribution in [3.05, 3.63) is 24.3 Å². The first-order valence-electron chi connectivity index (χ1n) is 6.32. The van der Waals surface area contributed by atoms with Gasteiger partial charge in [0.15, 0.2) is 0 Å². The molecule has 6 nitrogen and oxygen atoms in total. The van der Waals surface area contributed by atoms with E-state index in [0.717, 1.165) is 0 Å². The van der Waals surface area contributed by atoms with E-state index in [0.29, 0.717) is 11.4 Å². The molecule has 0 radical (unpaired) electrons. The number of hydrogen-bond donors (Lipinski definition) is 3. The van der Waals surface area contributed by atoms with Gasteiger partial charge in [-0.1, -0.05) is 0 Å². The number of benzene rings is 1. The third-order valence-electron chi connectivity index (χ3n) is 2.15. The second-order valence-corrected chi connectivity index (χ2v) is 5.30. The highest BCUT2D eigenvalue weighted by atomic mass is 16.6. The number of aliphatic hydroxyl groups excluding tert-OH is 2. The molecule has 1 amide bonds. The first kappa shape index (κ1) is 16.3. The summed E-state index contributed by atoms with van der Waals surface area (Å²) < 4.78 is 10.4. The van der Waals surface area contributed by atoms with Gasteiger partial charge in [0, 0.05) is 5.69 Å². The topological polar surface area (TPSA) is 88.0 Å². The molecule has 0 saturated heterocycles. The van der Waals surface area contributed by atoms with Gasteiger partial charge in [-0.25, -0.2) is 4.79 Å². The summed E-state index contributed by atoms with van der Waals surface area (Å²) in [6.07, 6.45) is -1.43. The van der Waals surface area contributed by atoms with E-state index < -0.39 is 17.8 Å². The lowest BCUT2D eigenvalue weighted by molar-refractivity contribution is 0.0536. The van der Waals surface area contributed by atoms with Crippen molar-refractivity contribution in [2.75, 3.05) is 18.5 Å². The molecule has 20 heavy (non-hydrogen) atoms. The number of anilines is 1. The molecule has 1 unspecified atom stereocenters. The molecule has 112 valence electrons. The van der Waals surface area contributed by atoms with Gasteiger partial charge in [0.2, 0.25) is 0 Å². The van der Waals surface area contributed by atoms with E-state index in [1.165, 1.54) is 0 Å². The predicted octanol–water partition coefficient (Wildman–Crippen LogP) is 1.77. The van der Waals surface area contributed by atoms with Gasteiger partial charge < -0.3 is 19.7 Å². The van der Waals surface area contributed by atoms with Gasteiger partial charge in [-0.05, 0) is 45.0 Å². The van der Waals surface area contributed by atoms with Crippen LogP contribution in [0.3, 0.4) is 0 Å². The summed E-state index contributed by atoms with van der Waals surface area (Å²) in [5, 5.41) is 20.4. The third-order valence-corrected chi connectivity index (χ3v) is 2.15. The van der Waals surface area contributed by atoms with E-state index in [-0.39, 0.29) is 13.2 Å². The van der Waals surface area contributed by atoms with E-state index in [4.69, 9.17) is 19.7 Å². The van der Waals surface area contributed by atoms with Gasteiger partial charge in [-0.2, -0.15) is 0 Å². The quantitative estimate of drug-likeness (QED) is 0.766. The molecule has 1 rings (SSSR count). The van der Waals surface area contributed by atoms with Crippen molar-refractivity contribution in [2.24, 2.45) is 0 Å². The van der Waals surface area contributed by atoms with Crippen LogP contribution in [-0.2, 0) is 4.74 Å². The van der Waals surface area contributed by atoms with Gasteiger partial charge in [-0.15, -0.1) is 0 Å². The lowest BCUT2D eigenvalue weighted by Gasteiger charge is -2.19. The maximum Gasteiger partial charge on any atom is 0.412 e. The highest BCUT2D eigenvalue weighted by Gasteiger charge is 2.16. The Kier molecular flexibility index (Phi) is 5.79. The molecule has 0 fully saturated rings. The van der Waals surface area contributed by atoms with Gasteiger partial charge in [0.1, 0.15) is 24.1 Å². The zero-order valence-corrected chi connectivity index (χ0v) is 11.9. The smallest absolute Gasteiger partial charge is 0.412 e. The molecule has 1 aromatic rings. The fraction of sp³-hybridized carbons (Fsp3) is 0.500. The summed E-state index contributed by atoms with van der Waals surface area (Å²) in [4.78, 5) is 11.5. The Morgan fingerprint density at radius 3 is 2.40 bits per heavy atom. The van der Waals surface area contributed by atoms with Crippen molar-refractivity contribution in [3.8, 4) is 5.75 Å². The van der Waals surface area contributed by atoms with Crippen LogP contribution in [0.15, 0.2) is 24.3 Å². The Bertz CT molecular complexity index is 424. The summed E-state index contributed by atoms with van der Waals surface area (Å²) in [6, 6.07) is 6.61. The number of carbonyl (C=O) groups excluding carboxylic acids is 1. The largest absolute Gasteiger partial charge is 0.491 e. The maximum atomic E-state index is 11.5. The van der Waals surface area contributed by atoms with Crippen molar-refractivity contribution in [1.29, 1.82) is 0 Å². The third kappa shape index (κ3) is 6.40. The van der Waals surface area contributed by atoms with Crippen LogP contribution in [-0.4, -0.2) is 41.2 Å². The average Bonchev–Trinajstić information content (AvgIpc) is 2.35. The summed E-state index contributed by atoms with van der Waals surface area (Å²) in [6.45, 7) is 5.02. The van der Waals surface area contributed by atoms with Crippen molar-refractivity contribution in [2.45, 2.75) is 32.5 Å². The molecule has 0 bridgehead atoms. The minimum Gasteiger partial charge on any atom is -0.491 e. The summed E-state index contributed by atoms with van der Waals surface area (Å²) in [5.74, 6) is 0.534. The molecule has 1 aromatic carbocycles. The Hall–Kier alpha value is -1.79. The van der Waals surface area contributed by atoms with Crippen LogP contribution in [0.4, 0.5) is 10.5 Å². The normalized spacial score (nSPS) is 12.7. The molecule has 1 atom stereocenters. The molecule has 6 heteroatoms. The molecule has 0 aliphatic heterocycles. The number of ether oxygens (including phenoxy) is 2. The molecule has 0 aliphatic carbocycles. The Balaban J connectivity index is 2.48. The molecule has 0 heterocycles. The van der Waals surface area contributed by atoms with E-state index in [1.54, 1.807) is 45.0 Å². The highest BCUT2D eigenvalue weighted by Crippen LogP contribution is 2.17. The molecule has 0 saturated carbocycles. The van der Waals surface area contributed by atoms with Crippen LogP contribution in [0.5, 0.6) is 5.75 Å². The van der Waals surface area contributed by atoms with Crippen LogP contribution in [0, 0.1) is 0 Å². The SMILES string of the molecule is CC(C)(C)OC(=O)Nc1ccc(OCC(O)CO)cc1. The first-order valence-corrected chi connectivity index (χ1v) is 6.32. The fourth-order valence-corrected chi connectivity index (χ4v) is 1.30. The molecule has 0 spiro atoms. The minimum atomic E-state index is -0.908. The van der Waals surface area contributed by atoms with E-state index in [9.17, 15) is 4.79 Å². The standard InChI is InChI=1S/C14H21NO5/c1-14(2,3)20-13(18)15-10-4-6-12(7-5-10)19-9-11(17)8-16/h4-7,11,16-17H,8-9H2,1-3H3,(H,15,18). The van der Waals surface area contributed by atoms with Crippen LogP contribution < -0.4 is 10.1 Å². The van der Waals surface area contributed by atoms with Crippen molar-refractivity contribution < 1.29 is 24.5 Å². The summed E-state index contributed by atoms with van der Waals surface area (Å²) >= 11 is 0. The average molecular weight is 283 g/mol. The molecular weight excluding hydrogens is 262 g/mol. The van der Waals surface area contributed by atoms with Crippen LogP contribution >= 0.6 is 0 Å². The Morgan fingerprint density at radius 2 is 1.90 bits per heavy atom. The van der Waals surface area contributed by atoms with E-state index >= 15 is 0 Å². The lowest BCUT2D eigenvalue weighted by Crippen LogP contribution is -2.27. The van der Waals surface area contributed by atoms with Crippen molar-refractivity contribution in [3.63, 3.8) is 0 Å². The summed E-state index contributed by atoms with van der Waals surface area (Å²) in [7, 11) is 0. The number of hydrogen-bond acceptors (Lipinski definition) is 5. The van der Waals surface area contributed by atoms with Gasteiger partial charge in [-0.3, -0.25) is 5.32 Å². The molecule has 0 aliphatic rings. The van der Waals surface area contributed by atoms with Crippen LogP contribution in [0.1, 0.15) is 20.8 Å². The second kappa shape index (κ2) is 7.12. The number of carbonyl (C=O) groups is 1.